The van der Waals surface area contributed by atoms with Gasteiger partial charge in [-0.1, -0.05) is 54.6 Å². The fourth-order valence-electron chi connectivity index (χ4n) is 4.04. The van der Waals surface area contributed by atoms with Gasteiger partial charge in [-0.2, -0.15) is 0 Å². The molecule has 0 radical (unpaired) electrons. The summed E-state index contributed by atoms with van der Waals surface area (Å²) in [5.74, 6) is 0. The van der Waals surface area contributed by atoms with Crippen LogP contribution in [-0.2, 0) is 0 Å². The molecule has 3 aromatic heterocycles. The van der Waals surface area contributed by atoms with Crippen LogP contribution in [0.15, 0.2) is 97.5 Å². The monoisotopic (exact) mass is 360 g/mol. The average molecular weight is 360 g/mol. The van der Waals surface area contributed by atoms with E-state index in [2.05, 4.69) is 70.2 Å². The van der Waals surface area contributed by atoms with Crippen molar-refractivity contribution in [2.24, 2.45) is 0 Å². The Morgan fingerprint density at radius 2 is 1.25 bits per heavy atom. The van der Waals surface area contributed by atoms with Crippen molar-refractivity contribution in [1.29, 1.82) is 0 Å². The third-order valence-electron chi connectivity index (χ3n) is 5.27. The molecule has 3 heterocycles. The van der Waals surface area contributed by atoms with E-state index in [9.17, 15) is 0 Å². The van der Waals surface area contributed by atoms with Crippen molar-refractivity contribution in [3.8, 4) is 11.4 Å². The van der Waals surface area contributed by atoms with Gasteiger partial charge in [0, 0.05) is 22.7 Å². The highest BCUT2D eigenvalue weighted by Crippen LogP contribution is 2.33. The van der Waals surface area contributed by atoms with Gasteiger partial charge in [0.25, 0.3) is 0 Å². The van der Waals surface area contributed by atoms with E-state index in [4.69, 9.17) is 4.98 Å². The first-order valence-corrected chi connectivity index (χ1v) is 9.28. The smallest absolute Gasteiger partial charge is 0.166 e. The Morgan fingerprint density at radius 3 is 1.96 bits per heavy atom. The summed E-state index contributed by atoms with van der Waals surface area (Å²) in [7, 11) is 0. The molecular formula is C24H16N4. The van der Waals surface area contributed by atoms with E-state index >= 15 is 0 Å². The van der Waals surface area contributed by atoms with Crippen molar-refractivity contribution in [3.63, 3.8) is 0 Å². The van der Waals surface area contributed by atoms with Crippen LogP contribution in [-0.4, -0.2) is 19.1 Å². The molecule has 6 aromatic rings. The lowest BCUT2D eigenvalue weighted by atomic mass is 10.2. The summed E-state index contributed by atoms with van der Waals surface area (Å²) in [6, 6.07) is 29.3. The number of fused-ring (bicyclic) bond motifs is 4. The molecule has 0 aliphatic heterocycles. The minimum Gasteiger partial charge on any atom is -0.307 e. The second-order valence-electron chi connectivity index (χ2n) is 6.82. The van der Waals surface area contributed by atoms with Crippen LogP contribution in [0.1, 0.15) is 0 Å². The molecule has 0 aliphatic rings. The predicted molar refractivity (Wildman–Crippen MR) is 113 cm³/mol. The van der Waals surface area contributed by atoms with Crippen molar-refractivity contribution in [3.05, 3.63) is 97.5 Å². The highest BCUT2D eigenvalue weighted by Gasteiger charge is 2.16. The van der Waals surface area contributed by atoms with Gasteiger partial charge >= 0.3 is 0 Å². The van der Waals surface area contributed by atoms with Gasteiger partial charge in [0.2, 0.25) is 0 Å². The van der Waals surface area contributed by atoms with Crippen LogP contribution in [0.4, 0.5) is 0 Å². The molecule has 132 valence electrons. The van der Waals surface area contributed by atoms with Crippen LogP contribution in [0.5, 0.6) is 0 Å². The molecule has 4 nitrogen and oxygen atoms in total. The molecule has 28 heavy (non-hydrogen) atoms. The fraction of sp³-hybridized carbons (Fsp3) is 0. The molecule has 0 spiro atoms. The molecule has 0 atom stereocenters. The van der Waals surface area contributed by atoms with Crippen LogP contribution >= 0.6 is 0 Å². The predicted octanol–water partition coefficient (Wildman–Crippen LogP) is 5.52. The van der Waals surface area contributed by atoms with Crippen LogP contribution in [0.25, 0.3) is 44.3 Å². The van der Waals surface area contributed by atoms with Gasteiger partial charge in [-0.05, 0) is 30.3 Å². The standard InChI is InChI=1S/C24H16N4/c1-2-8-17(9-3-1)27-16-26-23-22(14-15-25-24(23)27)28-20-12-6-4-10-18(20)19-11-5-7-13-21(19)28/h1-16H. The molecule has 0 amide bonds. The molecule has 0 saturated carbocycles. The summed E-state index contributed by atoms with van der Waals surface area (Å²) in [6.07, 6.45) is 3.71. The molecule has 0 fully saturated rings. The lowest BCUT2D eigenvalue weighted by Crippen LogP contribution is -1.98. The summed E-state index contributed by atoms with van der Waals surface area (Å²) < 4.78 is 4.32. The van der Waals surface area contributed by atoms with Crippen molar-refractivity contribution in [1.82, 2.24) is 19.1 Å². The van der Waals surface area contributed by atoms with Crippen molar-refractivity contribution < 1.29 is 0 Å². The molecule has 0 N–H and O–H groups in total. The minimum atomic E-state index is 0.852. The van der Waals surface area contributed by atoms with Crippen molar-refractivity contribution in [2.45, 2.75) is 0 Å². The van der Waals surface area contributed by atoms with Crippen molar-refractivity contribution >= 4 is 33.0 Å². The molecule has 6 rings (SSSR count). The first kappa shape index (κ1) is 15.2. The maximum atomic E-state index is 4.74. The normalized spacial score (nSPS) is 11.6. The summed E-state index contributed by atoms with van der Waals surface area (Å²) in [5.41, 5.74) is 6.17. The first-order valence-electron chi connectivity index (χ1n) is 9.28. The lowest BCUT2D eigenvalue weighted by Gasteiger charge is -2.09. The molecule has 4 heteroatoms. The van der Waals surface area contributed by atoms with Gasteiger partial charge in [0.1, 0.15) is 11.8 Å². The number of imidazole rings is 1. The van der Waals surface area contributed by atoms with E-state index in [0.717, 1.165) is 22.5 Å². The van der Waals surface area contributed by atoms with E-state index in [1.165, 1.54) is 21.8 Å². The number of hydrogen-bond donors (Lipinski definition) is 0. The SMILES string of the molecule is c1ccc(-n2cnc3c(-n4c5ccccc5c5ccccc54)ccnc32)cc1. The van der Waals surface area contributed by atoms with E-state index in [1.807, 2.05) is 41.4 Å². The Labute approximate surface area is 161 Å². The lowest BCUT2D eigenvalue weighted by molar-refractivity contribution is 1.07. The molecule has 0 bridgehead atoms. The highest BCUT2D eigenvalue weighted by atomic mass is 15.1. The quantitative estimate of drug-likeness (QED) is 0.408. The molecule has 0 unspecified atom stereocenters. The molecule has 3 aromatic carbocycles. The average Bonchev–Trinajstić information content (AvgIpc) is 3.34. The Bertz CT molecular complexity index is 1400. The number of rotatable bonds is 2. The maximum Gasteiger partial charge on any atom is 0.166 e. The van der Waals surface area contributed by atoms with E-state index in [0.29, 0.717) is 0 Å². The molecule has 0 aliphatic carbocycles. The molecular weight excluding hydrogens is 344 g/mol. The zero-order chi connectivity index (χ0) is 18.5. The number of pyridine rings is 1. The van der Waals surface area contributed by atoms with Gasteiger partial charge in [-0.15, -0.1) is 0 Å². The third-order valence-corrected chi connectivity index (χ3v) is 5.27. The zero-order valence-corrected chi connectivity index (χ0v) is 15.0. The summed E-state index contributed by atoms with van der Waals surface area (Å²) in [5, 5.41) is 2.48. The zero-order valence-electron chi connectivity index (χ0n) is 15.0. The van der Waals surface area contributed by atoms with Gasteiger partial charge in [-0.3, -0.25) is 4.57 Å². The van der Waals surface area contributed by atoms with Gasteiger partial charge in [0.15, 0.2) is 5.65 Å². The Morgan fingerprint density at radius 1 is 0.607 bits per heavy atom. The van der Waals surface area contributed by atoms with Gasteiger partial charge in [-0.25, -0.2) is 9.97 Å². The number of para-hydroxylation sites is 3. The largest absolute Gasteiger partial charge is 0.307 e. The number of nitrogens with zero attached hydrogens (tertiary/aromatic N) is 4. The summed E-state index contributed by atoms with van der Waals surface area (Å²) >= 11 is 0. The summed E-state index contributed by atoms with van der Waals surface area (Å²) in [4.78, 5) is 9.38. The Balaban J connectivity index is 1.71. The number of hydrogen-bond acceptors (Lipinski definition) is 2. The third kappa shape index (κ3) is 2.06. The fourth-order valence-corrected chi connectivity index (χ4v) is 4.04. The van der Waals surface area contributed by atoms with Crippen LogP contribution in [0.2, 0.25) is 0 Å². The van der Waals surface area contributed by atoms with Crippen LogP contribution in [0.3, 0.4) is 0 Å². The van der Waals surface area contributed by atoms with Crippen molar-refractivity contribution in [2.75, 3.05) is 0 Å². The number of benzene rings is 3. The van der Waals surface area contributed by atoms with Crippen LogP contribution in [0, 0.1) is 0 Å². The first-order chi connectivity index (χ1) is 13.9. The minimum absolute atomic E-state index is 0.852. The molecule has 0 saturated heterocycles. The topological polar surface area (TPSA) is 35.6 Å². The second-order valence-corrected chi connectivity index (χ2v) is 6.82. The van der Waals surface area contributed by atoms with E-state index in [-0.39, 0.29) is 0 Å². The second kappa shape index (κ2) is 5.79. The number of aromatic nitrogens is 4. The van der Waals surface area contributed by atoms with Gasteiger partial charge in [0.05, 0.1) is 16.7 Å². The van der Waals surface area contributed by atoms with Crippen LogP contribution < -0.4 is 0 Å². The highest BCUT2D eigenvalue weighted by molar-refractivity contribution is 6.10. The maximum absolute atomic E-state index is 4.74. The van der Waals surface area contributed by atoms with E-state index in [1.54, 1.807) is 0 Å². The summed E-state index contributed by atoms with van der Waals surface area (Å²) in [6.45, 7) is 0. The Kier molecular flexibility index (Phi) is 3.14. The van der Waals surface area contributed by atoms with Gasteiger partial charge < -0.3 is 4.57 Å². The Hall–Kier alpha value is -3.92. The van der Waals surface area contributed by atoms with E-state index < -0.39 is 0 Å².